The first-order chi connectivity index (χ1) is 16.0. The number of carbonyl (C=O) groups excluding carboxylic acids is 2. The first-order valence-electron chi connectivity index (χ1n) is 10.9. The first kappa shape index (κ1) is 22.2. The summed E-state index contributed by atoms with van der Waals surface area (Å²) in [4.78, 5) is 32.3. The topological polar surface area (TPSA) is 77.3 Å². The van der Waals surface area contributed by atoms with E-state index >= 15 is 0 Å². The molecule has 33 heavy (non-hydrogen) atoms. The number of aryl methyl sites for hydroxylation is 1. The van der Waals surface area contributed by atoms with Gasteiger partial charge in [-0.3, -0.25) is 4.79 Å². The van der Waals surface area contributed by atoms with E-state index in [1.165, 1.54) is 0 Å². The maximum Gasteiger partial charge on any atom is 0.339 e. The largest absolute Gasteiger partial charge is 0.449 e. The van der Waals surface area contributed by atoms with Gasteiger partial charge in [-0.1, -0.05) is 60.7 Å². The molecule has 0 fully saturated rings. The molecule has 0 N–H and O–H groups in total. The van der Waals surface area contributed by atoms with Gasteiger partial charge in [0.1, 0.15) is 0 Å². The van der Waals surface area contributed by atoms with Gasteiger partial charge in [-0.25, -0.2) is 14.5 Å². The van der Waals surface area contributed by atoms with Crippen molar-refractivity contribution in [3.05, 3.63) is 84.1 Å². The molecule has 0 aliphatic carbocycles. The predicted octanol–water partition coefficient (Wildman–Crippen LogP) is 4.32. The van der Waals surface area contributed by atoms with Crippen molar-refractivity contribution in [2.24, 2.45) is 0 Å². The molecule has 0 bridgehead atoms. The van der Waals surface area contributed by atoms with E-state index < -0.39 is 12.1 Å². The minimum atomic E-state index is -0.934. The van der Waals surface area contributed by atoms with Crippen LogP contribution in [0.3, 0.4) is 0 Å². The molecule has 0 spiro atoms. The molecule has 0 saturated heterocycles. The Balaban J connectivity index is 1.59. The number of fused-ring (bicyclic) bond motifs is 1. The van der Waals surface area contributed by atoms with Gasteiger partial charge in [0.2, 0.25) is 0 Å². The lowest BCUT2D eigenvalue weighted by Crippen LogP contribution is -2.37. The molecule has 2 aromatic carbocycles. The molecule has 1 unspecified atom stereocenters. The molecule has 0 aliphatic rings. The zero-order valence-corrected chi connectivity index (χ0v) is 18.9. The molecule has 4 rings (SSSR count). The van der Waals surface area contributed by atoms with Gasteiger partial charge in [0.25, 0.3) is 5.91 Å². The molecule has 2 heterocycles. The van der Waals surface area contributed by atoms with Crippen LogP contribution in [0.1, 0.15) is 29.8 Å². The van der Waals surface area contributed by atoms with Crippen molar-refractivity contribution in [1.29, 1.82) is 0 Å². The maximum atomic E-state index is 13.2. The summed E-state index contributed by atoms with van der Waals surface area (Å²) in [5.74, 6) is -0.853. The highest BCUT2D eigenvalue weighted by Gasteiger charge is 2.25. The fraction of sp³-hybridized carbons (Fsp3) is 0.231. The van der Waals surface area contributed by atoms with Gasteiger partial charge in [0, 0.05) is 25.7 Å². The maximum absolute atomic E-state index is 13.2. The lowest BCUT2D eigenvalue weighted by atomic mass is 10.1. The summed E-state index contributed by atoms with van der Waals surface area (Å²) in [6, 6.07) is 21.0. The van der Waals surface area contributed by atoms with Crippen molar-refractivity contribution in [3.63, 3.8) is 0 Å². The molecule has 2 aromatic heterocycles. The minimum absolute atomic E-state index is 0.273. The Kier molecular flexibility index (Phi) is 6.49. The van der Waals surface area contributed by atoms with E-state index in [1.807, 2.05) is 67.6 Å². The van der Waals surface area contributed by atoms with Crippen LogP contribution in [0, 0.1) is 0 Å². The number of benzene rings is 2. The second-order valence-electron chi connectivity index (χ2n) is 7.85. The van der Waals surface area contributed by atoms with Crippen LogP contribution in [0.15, 0.2) is 72.9 Å². The zero-order chi connectivity index (χ0) is 23.4. The van der Waals surface area contributed by atoms with E-state index in [2.05, 4.69) is 5.10 Å². The van der Waals surface area contributed by atoms with Gasteiger partial charge >= 0.3 is 5.97 Å². The van der Waals surface area contributed by atoms with Gasteiger partial charge in [-0.05, 0) is 25.5 Å². The summed E-state index contributed by atoms with van der Waals surface area (Å²) in [5.41, 5.74) is 3.46. The molecule has 1 amide bonds. The van der Waals surface area contributed by atoms with Crippen molar-refractivity contribution in [1.82, 2.24) is 19.7 Å². The normalized spacial score (nSPS) is 11.8. The number of hydrogen-bond acceptors (Lipinski definition) is 5. The molecule has 168 valence electrons. The summed E-state index contributed by atoms with van der Waals surface area (Å²) >= 11 is 0. The molecule has 4 aromatic rings. The highest BCUT2D eigenvalue weighted by molar-refractivity contribution is 6.04. The van der Waals surface area contributed by atoms with Gasteiger partial charge in [-0.15, -0.1) is 0 Å². The van der Waals surface area contributed by atoms with Crippen molar-refractivity contribution in [2.45, 2.75) is 33.0 Å². The Morgan fingerprint density at radius 2 is 1.73 bits per heavy atom. The van der Waals surface area contributed by atoms with E-state index in [9.17, 15) is 9.59 Å². The third kappa shape index (κ3) is 4.77. The average molecular weight is 443 g/mol. The van der Waals surface area contributed by atoms with Crippen LogP contribution in [-0.2, 0) is 22.6 Å². The SMILES string of the molecule is CCn1ncc2c(C(=O)OC(C)C(=O)N(C)Cc3ccccc3)cc(-c3ccccc3)nc21. The number of amides is 1. The second-order valence-corrected chi connectivity index (χ2v) is 7.85. The van der Waals surface area contributed by atoms with Gasteiger partial charge < -0.3 is 9.64 Å². The summed E-state index contributed by atoms with van der Waals surface area (Å²) < 4.78 is 7.34. The van der Waals surface area contributed by atoms with Gasteiger partial charge in [0.15, 0.2) is 11.8 Å². The molecule has 0 radical (unpaired) electrons. The third-order valence-corrected chi connectivity index (χ3v) is 5.47. The van der Waals surface area contributed by atoms with Crippen molar-refractivity contribution >= 4 is 22.9 Å². The Hall–Kier alpha value is -4.00. The van der Waals surface area contributed by atoms with Crippen LogP contribution in [-0.4, -0.2) is 44.7 Å². The number of pyridine rings is 1. The van der Waals surface area contributed by atoms with E-state index in [1.54, 1.807) is 35.8 Å². The third-order valence-electron chi connectivity index (χ3n) is 5.47. The van der Waals surface area contributed by atoms with E-state index in [-0.39, 0.29) is 5.91 Å². The lowest BCUT2D eigenvalue weighted by molar-refractivity contribution is -0.139. The highest BCUT2D eigenvalue weighted by atomic mass is 16.5. The number of ether oxygens (including phenoxy) is 1. The van der Waals surface area contributed by atoms with Crippen molar-refractivity contribution in [3.8, 4) is 11.3 Å². The Labute approximate surface area is 192 Å². The standard InChI is InChI=1S/C26H26N4O3/c1-4-30-24-22(16-27-30)21(15-23(28-24)20-13-9-6-10-14-20)26(32)33-18(2)25(31)29(3)17-19-11-7-5-8-12-19/h5-16,18H,4,17H2,1-3H3. The highest BCUT2D eigenvalue weighted by Crippen LogP contribution is 2.26. The molecular formula is C26H26N4O3. The molecular weight excluding hydrogens is 416 g/mol. The van der Waals surface area contributed by atoms with Crippen LogP contribution in [0.4, 0.5) is 0 Å². The number of rotatable bonds is 7. The number of hydrogen-bond donors (Lipinski definition) is 0. The number of nitrogens with zero attached hydrogens (tertiary/aromatic N) is 4. The Bertz CT molecular complexity index is 1270. The number of likely N-dealkylation sites (N-methyl/N-ethyl adjacent to an activating group) is 1. The fourth-order valence-electron chi connectivity index (χ4n) is 3.72. The number of carbonyl (C=O) groups is 2. The number of aromatic nitrogens is 3. The molecule has 7 nitrogen and oxygen atoms in total. The Morgan fingerprint density at radius 1 is 1.06 bits per heavy atom. The fourth-order valence-corrected chi connectivity index (χ4v) is 3.72. The van der Waals surface area contributed by atoms with Crippen molar-refractivity contribution in [2.75, 3.05) is 7.05 Å². The van der Waals surface area contributed by atoms with E-state index in [0.29, 0.717) is 35.4 Å². The zero-order valence-electron chi connectivity index (χ0n) is 18.9. The molecule has 0 aliphatic heterocycles. The minimum Gasteiger partial charge on any atom is -0.449 e. The average Bonchev–Trinajstić information content (AvgIpc) is 3.27. The Morgan fingerprint density at radius 3 is 2.39 bits per heavy atom. The smallest absolute Gasteiger partial charge is 0.339 e. The summed E-state index contributed by atoms with van der Waals surface area (Å²) in [7, 11) is 1.70. The monoisotopic (exact) mass is 442 g/mol. The molecule has 0 saturated carbocycles. The van der Waals surface area contributed by atoms with Crippen molar-refractivity contribution < 1.29 is 14.3 Å². The van der Waals surface area contributed by atoms with Crippen LogP contribution in [0.2, 0.25) is 0 Å². The van der Waals surface area contributed by atoms with E-state index in [4.69, 9.17) is 9.72 Å². The quantitative estimate of drug-likeness (QED) is 0.398. The van der Waals surface area contributed by atoms with Crippen LogP contribution in [0.5, 0.6) is 0 Å². The molecule has 1 atom stereocenters. The summed E-state index contributed by atoms with van der Waals surface area (Å²) in [5, 5.41) is 4.95. The lowest BCUT2D eigenvalue weighted by Gasteiger charge is -2.21. The summed E-state index contributed by atoms with van der Waals surface area (Å²) in [6.45, 7) is 4.60. The van der Waals surface area contributed by atoms with Gasteiger partial charge in [-0.2, -0.15) is 5.10 Å². The van der Waals surface area contributed by atoms with E-state index in [0.717, 1.165) is 11.1 Å². The summed E-state index contributed by atoms with van der Waals surface area (Å²) in [6.07, 6.45) is 0.682. The molecule has 7 heteroatoms. The predicted molar refractivity (Wildman–Crippen MR) is 126 cm³/mol. The number of esters is 1. The van der Waals surface area contributed by atoms with Crippen LogP contribution in [0.25, 0.3) is 22.3 Å². The van der Waals surface area contributed by atoms with Crippen LogP contribution < -0.4 is 0 Å². The second kappa shape index (κ2) is 9.65. The first-order valence-corrected chi connectivity index (χ1v) is 10.9. The van der Waals surface area contributed by atoms with Gasteiger partial charge in [0.05, 0.1) is 22.8 Å². The van der Waals surface area contributed by atoms with Crippen LogP contribution >= 0.6 is 0 Å².